The van der Waals surface area contributed by atoms with Gasteiger partial charge in [0.15, 0.2) is 0 Å². The van der Waals surface area contributed by atoms with E-state index in [1.54, 1.807) is 7.11 Å². The molecule has 2 aliphatic carbocycles. The van der Waals surface area contributed by atoms with Crippen LogP contribution in [0, 0.1) is 17.8 Å². The molecule has 0 saturated heterocycles. The van der Waals surface area contributed by atoms with Gasteiger partial charge >= 0.3 is 184 Å². The van der Waals surface area contributed by atoms with Crippen molar-refractivity contribution < 1.29 is 9.53 Å². The summed E-state index contributed by atoms with van der Waals surface area (Å²) in [5.74, 6) is 1.11. The summed E-state index contributed by atoms with van der Waals surface area (Å²) in [7, 11) is 1.57. The van der Waals surface area contributed by atoms with Crippen molar-refractivity contribution in [2.24, 2.45) is 17.8 Å². The topological polar surface area (TPSA) is 26.3 Å². The molecule has 3 heteroatoms. The monoisotopic (exact) mass is 504 g/mol. The van der Waals surface area contributed by atoms with E-state index in [9.17, 15) is 4.79 Å². The van der Waals surface area contributed by atoms with Crippen molar-refractivity contribution in [1.82, 2.24) is 0 Å². The Kier molecular flexibility index (Phi) is 5.44. The van der Waals surface area contributed by atoms with Crippen molar-refractivity contribution >= 4 is 35.1 Å². The number of rotatable bonds is 5. The number of esters is 1. The average molecular weight is 503 g/mol. The fourth-order valence-electron chi connectivity index (χ4n) is 6.57. The number of fused-ring (bicyclic) bond motifs is 2. The molecule has 0 unspecified atom stereocenters. The molecular weight excluding hydrogens is 475 g/mol. The summed E-state index contributed by atoms with van der Waals surface area (Å²) < 4.78 is 10.2. The average Bonchev–Trinajstić information content (AvgIpc) is 3.44. The maximum atomic E-state index is 13.2. The number of hydrogen-bond acceptors (Lipinski definition) is 2. The third-order valence-electron chi connectivity index (χ3n) is 7.58. The van der Waals surface area contributed by atoms with Crippen molar-refractivity contribution in [3.05, 3.63) is 91.0 Å². The Morgan fingerprint density at radius 2 is 1.17 bits per heavy atom. The number of ether oxygens (including phenoxy) is 1. The second-order valence-corrected chi connectivity index (χ2v) is 20.3. The molecular formula is C27H28O2Sn. The molecule has 0 aliphatic heterocycles. The Labute approximate surface area is 183 Å². The van der Waals surface area contributed by atoms with E-state index in [1.165, 1.54) is 30.0 Å². The van der Waals surface area contributed by atoms with E-state index < -0.39 is 18.4 Å². The second-order valence-electron chi connectivity index (χ2n) is 8.81. The van der Waals surface area contributed by atoms with E-state index in [-0.39, 0.29) is 11.9 Å². The zero-order chi connectivity index (χ0) is 20.6. The summed E-state index contributed by atoms with van der Waals surface area (Å²) in [6, 6.07) is 33.3. The molecule has 2 aliphatic rings. The number of methoxy groups -OCH3 is 1. The maximum absolute atomic E-state index is 13.2. The van der Waals surface area contributed by atoms with Gasteiger partial charge in [0.1, 0.15) is 0 Å². The van der Waals surface area contributed by atoms with Gasteiger partial charge in [-0.3, -0.25) is 0 Å². The van der Waals surface area contributed by atoms with Crippen LogP contribution in [0.25, 0.3) is 0 Å². The summed E-state index contributed by atoms with van der Waals surface area (Å²) in [5, 5.41) is 0. The molecule has 3 aromatic rings. The van der Waals surface area contributed by atoms with Crippen LogP contribution in [0.15, 0.2) is 91.0 Å². The Hall–Kier alpha value is -2.07. The van der Waals surface area contributed by atoms with E-state index in [4.69, 9.17) is 4.74 Å². The molecule has 4 atom stereocenters. The van der Waals surface area contributed by atoms with Gasteiger partial charge in [0, 0.05) is 0 Å². The van der Waals surface area contributed by atoms with E-state index in [2.05, 4.69) is 91.0 Å². The van der Waals surface area contributed by atoms with Crippen LogP contribution in [0.2, 0.25) is 3.93 Å². The van der Waals surface area contributed by atoms with E-state index in [1.807, 2.05) is 0 Å². The first kappa shape index (κ1) is 19.9. The van der Waals surface area contributed by atoms with Crippen molar-refractivity contribution in [3.63, 3.8) is 0 Å². The standard InChI is InChI=1S/C9H13O2.3C6H5.Sn/c1-11-9(10)8-5-6-2-3-7(8)4-6;3*1-2-4-6-5-3-1;/h5-8H,2-4H2,1H3;3*1-5H;/t6-,7+,8+;;;;/m0..../s1. The van der Waals surface area contributed by atoms with E-state index in [0.717, 1.165) is 0 Å². The molecule has 152 valence electrons. The number of hydrogen-bond donors (Lipinski definition) is 0. The Morgan fingerprint density at radius 1 is 0.733 bits per heavy atom. The molecule has 0 radical (unpaired) electrons. The first-order valence-corrected chi connectivity index (χ1v) is 16.9. The van der Waals surface area contributed by atoms with Gasteiger partial charge in [-0.2, -0.15) is 0 Å². The van der Waals surface area contributed by atoms with Crippen LogP contribution in [0.1, 0.15) is 19.3 Å². The van der Waals surface area contributed by atoms with Gasteiger partial charge in [-0.1, -0.05) is 0 Å². The Balaban J connectivity index is 1.84. The molecule has 2 saturated carbocycles. The molecule has 0 N–H and O–H groups in total. The van der Waals surface area contributed by atoms with Gasteiger partial charge in [0.05, 0.1) is 0 Å². The van der Waals surface area contributed by atoms with Gasteiger partial charge < -0.3 is 0 Å². The number of benzene rings is 3. The van der Waals surface area contributed by atoms with Crippen LogP contribution in [-0.4, -0.2) is 31.5 Å². The summed E-state index contributed by atoms with van der Waals surface area (Å²) in [5.41, 5.74) is 0. The van der Waals surface area contributed by atoms with Crippen LogP contribution in [0.5, 0.6) is 0 Å². The molecule has 0 heterocycles. The van der Waals surface area contributed by atoms with Gasteiger partial charge in [0.25, 0.3) is 0 Å². The molecule has 30 heavy (non-hydrogen) atoms. The summed E-state index contributed by atoms with van der Waals surface area (Å²) >= 11 is -3.56. The van der Waals surface area contributed by atoms with Gasteiger partial charge in [-0.15, -0.1) is 0 Å². The van der Waals surface area contributed by atoms with Gasteiger partial charge in [-0.25, -0.2) is 0 Å². The normalized spacial score (nSPS) is 25.2. The Bertz CT molecular complexity index is 906. The van der Waals surface area contributed by atoms with Crippen LogP contribution < -0.4 is 10.7 Å². The molecule has 0 spiro atoms. The van der Waals surface area contributed by atoms with Crippen molar-refractivity contribution in [1.29, 1.82) is 0 Å². The molecule has 0 aromatic heterocycles. The van der Waals surface area contributed by atoms with Crippen molar-refractivity contribution in [3.8, 4) is 0 Å². The fourth-order valence-corrected chi connectivity index (χ4v) is 24.5. The van der Waals surface area contributed by atoms with Crippen LogP contribution in [0.3, 0.4) is 0 Å². The number of carbonyl (C=O) groups excluding carboxylic acids is 1. The van der Waals surface area contributed by atoms with E-state index in [0.29, 0.717) is 15.8 Å². The first-order valence-electron chi connectivity index (χ1n) is 11.0. The van der Waals surface area contributed by atoms with Crippen molar-refractivity contribution in [2.45, 2.75) is 23.2 Å². The second kappa shape index (κ2) is 8.22. The summed E-state index contributed by atoms with van der Waals surface area (Å²) in [6.07, 6.45) is 3.59. The SMILES string of the molecule is COC(=O)[C@H]1[C@@H]2CC[C@@H](C2)[C@H]1[Sn]([c]1ccccc1)([c]1ccccc1)[c]1ccccc1. The predicted molar refractivity (Wildman–Crippen MR) is 124 cm³/mol. The van der Waals surface area contributed by atoms with Crippen LogP contribution >= 0.6 is 0 Å². The van der Waals surface area contributed by atoms with Crippen LogP contribution in [0.4, 0.5) is 0 Å². The third kappa shape index (κ3) is 3.03. The van der Waals surface area contributed by atoms with Crippen LogP contribution in [-0.2, 0) is 9.53 Å². The van der Waals surface area contributed by atoms with E-state index >= 15 is 0 Å². The third-order valence-corrected chi connectivity index (χ3v) is 23.5. The molecule has 5 rings (SSSR count). The Morgan fingerprint density at radius 3 is 1.60 bits per heavy atom. The molecule has 2 fully saturated rings. The molecule has 2 bridgehead atoms. The quantitative estimate of drug-likeness (QED) is 0.392. The first-order chi connectivity index (χ1) is 14.8. The number of carbonyl (C=O) groups is 1. The molecule has 0 amide bonds. The predicted octanol–water partition coefficient (Wildman–Crippen LogP) is 3.75. The summed E-state index contributed by atoms with van der Waals surface area (Å²) in [4.78, 5) is 13.2. The zero-order valence-electron chi connectivity index (χ0n) is 17.4. The summed E-state index contributed by atoms with van der Waals surface area (Å²) in [6.45, 7) is 0. The van der Waals surface area contributed by atoms with Gasteiger partial charge in [-0.05, 0) is 0 Å². The minimum atomic E-state index is -3.56. The van der Waals surface area contributed by atoms with Gasteiger partial charge in [0.2, 0.25) is 0 Å². The zero-order valence-corrected chi connectivity index (χ0v) is 20.3. The molecule has 2 nitrogen and oxygen atoms in total. The minimum absolute atomic E-state index is 0.0102. The molecule has 3 aromatic carbocycles. The van der Waals surface area contributed by atoms with Crippen molar-refractivity contribution in [2.75, 3.05) is 7.11 Å². The fraction of sp³-hybridized carbons (Fsp3) is 0.296.